The van der Waals surface area contributed by atoms with Crippen LogP contribution in [0.5, 0.6) is 0 Å². The molecule has 86 valence electrons. The van der Waals surface area contributed by atoms with E-state index in [9.17, 15) is 14.9 Å². The van der Waals surface area contributed by atoms with Gasteiger partial charge in [-0.3, -0.25) is 14.9 Å². The maximum absolute atomic E-state index is 11.7. The Labute approximate surface area is 107 Å². The van der Waals surface area contributed by atoms with Gasteiger partial charge in [0.2, 0.25) is 0 Å². The van der Waals surface area contributed by atoms with Gasteiger partial charge in [-0.25, -0.2) is 0 Å². The number of hydrogen-bond acceptors (Lipinski definition) is 3. The molecule has 0 unspecified atom stereocenters. The molecule has 1 aromatic carbocycles. The van der Waals surface area contributed by atoms with Gasteiger partial charge in [0.05, 0.1) is 10.5 Å². The van der Waals surface area contributed by atoms with E-state index in [1.165, 1.54) is 12.1 Å². The number of nitrogens with one attached hydrogen (secondary N) is 1. The fraction of sp³-hybridized carbons (Fsp3) is 0.300. The van der Waals surface area contributed by atoms with Crippen molar-refractivity contribution in [1.82, 2.24) is 5.32 Å². The van der Waals surface area contributed by atoms with Crippen molar-refractivity contribution in [3.63, 3.8) is 0 Å². The van der Waals surface area contributed by atoms with Crippen molar-refractivity contribution >= 4 is 34.2 Å². The highest BCUT2D eigenvalue weighted by molar-refractivity contribution is 14.1. The predicted octanol–water partition coefficient (Wildman–Crippen LogP) is 2.34. The molecule has 0 aliphatic carbocycles. The minimum Gasteiger partial charge on any atom is -0.350 e. The molecule has 1 aromatic rings. The van der Waals surface area contributed by atoms with Crippen LogP contribution in [0.3, 0.4) is 0 Å². The maximum atomic E-state index is 11.7. The molecule has 0 saturated carbocycles. The lowest BCUT2D eigenvalue weighted by molar-refractivity contribution is -0.384. The first-order valence-corrected chi connectivity index (χ1v) is 5.74. The van der Waals surface area contributed by atoms with Crippen molar-refractivity contribution in [3.8, 4) is 0 Å². The van der Waals surface area contributed by atoms with Gasteiger partial charge in [0.25, 0.3) is 11.6 Å². The Hall–Kier alpha value is -1.18. The topological polar surface area (TPSA) is 72.2 Å². The largest absolute Gasteiger partial charge is 0.350 e. The normalized spacial score (nSPS) is 10.2. The number of nitrogens with zero attached hydrogens (tertiary/aromatic N) is 1. The lowest BCUT2D eigenvalue weighted by Gasteiger charge is -2.09. The van der Waals surface area contributed by atoms with E-state index in [2.05, 4.69) is 5.32 Å². The molecule has 0 fully saturated rings. The van der Waals surface area contributed by atoms with Crippen LogP contribution in [0.4, 0.5) is 5.69 Å². The molecule has 0 atom stereocenters. The van der Waals surface area contributed by atoms with Crippen molar-refractivity contribution in [2.45, 2.75) is 19.9 Å². The lowest BCUT2D eigenvalue weighted by Crippen LogP contribution is -2.30. The van der Waals surface area contributed by atoms with E-state index in [0.29, 0.717) is 9.13 Å². The first-order valence-electron chi connectivity index (χ1n) is 4.66. The number of carbonyl (C=O) groups excluding carboxylic acids is 1. The number of carbonyl (C=O) groups is 1. The molecule has 1 rings (SSSR count). The van der Waals surface area contributed by atoms with E-state index in [1.54, 1.807) is 6.07 Å². The second-order valence-corrected chi connectivity index (χ2v) is 4.71. The SMILES string of the molecule is CC(C)NC(=O)c1cc([N+](=O)[O-])ccc1I. The minimum atomic E-state index is -0.512. The summed E-state index contributed by atoms with van der Waals surface area (Å²) in [5.74, 6) is -0.289. The summed E-state index contributed by atoms with van der Waals surface area (Å²) in [4.78, 5) is 21.8. The number of benzene rings is 1. The number of amides is 1. The Balaban J connectivity index is 3.07. The van der Waals surface area contributed by atoms with Crippen LogP contribution >= 0.6 is 22.6 Å². The predicted molar refractivity (Wildman–Crippen MR) is 68.4 cm³/mol. The van der Waals surface area contributed by atoms with Gasteiger partial charge in [0, 0.05) is 21.7 Å². The zero-order valence-electron chi connectivity index (χ0n) is 8.86. The third kappa shape index (κ3) is 3.16. The molecule has 0 aliphatic rings. The van der Waals surface area contributed by atoms with Crippen LogP contribution in [0.2, 0.25) is 0 Å². The average molecular weight is 334 g/mol. The van der Waals surface area contributed by atoms with Crippen molar-refractivity contribution < 1.29 is 9.72 Å². The van der Waals surface area contributed by atoms with Crippen LogP contribution in [0.1, 0.15) is 24.2 Å². The average Bonchev–Trinajstić information content (AvgIpc) is 2.16. The molecule has 1 N–H and O–H groups in total. The summed E-state index contributed by atoms with van der Waals surface area (Å²) in [6.07, 6.45) is 0. The van der Waals surface area contributed by atoms with E-state index in [0.717, 1.165) is 0 Å². The molecular formula is C10H11IN2O3. The highest BCUT2D eigenvalue weighted by Gasteiger charge is 2.15. The van der Waals surface area contributed by atoms with E-state index in [1.807, 2.05) is 36.4 Å². The molecule has 0 bridgehead atoms. The van der Waals surface area contributed by atoms with Gasteiger partial charge in [0.1, 0.15) is 0 Å². The number of halogens is 1. The van der Waals surface area contributed by atoms with Gasteiger partial charge in [-0.1, -0.05) is 0 Å². The summed E-state index contributed by atoms with van der Waals surface area (Å²) < 4.78 is 0.696. The summed E-state index contributed by atoms with van der Waals surface area (Å²) in [5, 5.41) is 13.3. The molecule has 0 saturated heterocycles. The Morgan fingerprint density at radius 1 is 1.50 bits per heavy atom. The number of rotatable bonds is 3. The minimum absolute atomic E-state index is 0.00237. The van der Waals surface area contributed by atoms with Crippen LogP contribution in [0.15, 0.2) is 18.2 Å². The monoisotopic (exact) mass is 334 g/mol. The molecule has 0 spiro atoms. The fourth-order valence-corrected chi connectivity index (χ4v) is 1.72. The van der Waals surface area contributed by atoms with E-state index in [-0.39, 0.29) is 17.6 Å². The zero-order valence-corrected chi connectivity index (χ0v) is 11.0. The van der Waals surface area contributed by atoms with Crippen molar-refractivity contribution in [1.29, 1.82) is 0 Å². The fourth-order valence-electron chi connectivity index (χ4n) is 1.14. The van der Waals surface area contributed by atoms with Gasteiger partial charge < -0.3 is 5.32 Å². The standard InChI is InChI=1S/C10H11IN2O3/c1-6(2)12-10(14)8-5-7(13(15)16)3-4-9(8)11/h3-6H,1-2H3,(H,12,14). The van der Waals surface area contributed by atoms with Crippen LogP contribution in [0, 0.1) is 13.7 Å². The van der Waals surface area contributed by atoms with Gasteiger partial charge >= 0.3 is 0 Å². The third-order valence-electron chi connectivity index (χ3n) is 1.83. The molecule has 1 amide bonds. The lowest BCUT2D eigenvalue weighted by atomic mass is 10.2. The van der Waals surface area contributed by atoms with Gasteiger partial charge in [0.15, 0.2) is 0 Å². The molecule has 0 aromatic heterocycles. The molecular weight excluding hydrogens is 323 g/mol. The van der Waals surface area contributed by atoms with E-state index in [4.69, 9.17) is 0 Å². The Bertz CT molecular complexity index is 432. The molecule has 0 radical (unpaired) electrons. The van der Waals surface area contributed by atoms with E-state index < -0.39 is 4.92 Å². The molecule has 5 nitrogen and oxygen atoms in total. The van der Waals surface area contributed by atoms with Crippen LogP contribution in [0.25, 0.3) is 0 Å². The Morgan fingerprint density at radius 2 is 2.12 bits per heavy atom. The maximum Gasteiger partial charge on any atom is 0.270 e. The summed E-state index contributed by atoms with van der Waals surface area (Å²) in [7, 11) is 0. The summed E-state index contributed by atoms with van der Waals surface area (Å²) in [6.45, 7) is 3.67. The zero-order chi connectivity index (χ0) is 12.3. The second-order valence-electron chi connectivity index (χ2n) is 3.55. The van der Waals surface area contributed by atoms with E-state index >= 15 is 0 Å². The molecule has 16 heavy (non-hydrogen) atoms. The van der Waals surface area contributed by atoms with Gasteiger partial charge in [-0.15, -0.1) is 0 Å². The highest BCUT2D eigenvalue weighted by atomic mass is 127. The van der Waals surface area contributed by atoms with Crippen molar-refractivity contribution in [2.24, 2.45) is 0 Å². The van der Waals surface area contributed by atoms with Crippen molar-refractivity contribution in [3.05, 3.63) is 37.4 Å². The van der Waals surface area contributed by atoms with Crippen LogP contribution in [-0.2, 0) is 0 Å². The summed E-state index contributed by atoms with van der Waals surface area (Å²) in [6, 6.07) is 4.24. The third-order valence-corrected chi connectivity index (χ3v) is 2.77. The molecule has 0 aliphatic heterocycles. The molecule has 6 heteroatoms. The van der Waals surface area contributed by atoms with Crippen LogP contribution < -0.4 is 5.32 Å². The number of non-ortho nitro benzene ring substituents is 1. The summed E-state index contributed by atoms with van der Waals surface area (Å²) in [5.41, 5.74) is 0.262. The first kappa shape index (κ1) is 12.9. The van der Waals surface area contributed by atoms with Crippen LogP contribution in [-0.4, -0.2) is 16.9 Å². The summed E-state index contributed by atoms with van der Waals surface area (Å²) >= 11 is 1.98. The number of nitro groups is 1. The Kier molecular flexibility index (Phi) is 4.22. The smallest absolute Gasteiger partial charge is 0.270 e. The number of hydrogen-bond donors (Lipinski definition) is 1. The second kappa shape index (κ2) is 5.24. The quantitative estimate of drug-likeness (QED) is 0.524. The van der Waals surface area contributed by atoms with Crippen molar-refractivity contribution in [2.75, 3.05) is 0 Å². The molecule has 0 heterocycles. The van der Waals surface area contributed by atoms with Gasteiger partial charge in [-0.05, 0) is 42.5 Å². The highest BCUT2D eigenvalue weighted by Crippen LogP contribution is 2.19. The number of nitro benzene ring substituents is 1. The first-order chi connectivity index (χ1) is 7.41. The Morgan fingerprint density at radius 3 is 2.62 bits per heavy atom. The van der Waals surface area contributed by atoms with Gasteiger partial charge in [-0.2, -0.15) is 0 Å².